The van der Waals surface area contributed by atoms with Crippen LogP contribution in [0.2, 0.25) is 0 Å². The highest BCUT2D eigenvalue weighted by atomic mass is 16.5. The fraction of sp³-hybridized carbons (Fsp3) is 0.182. The number of nitrogens with zero attached hydrogens (tertiary/aromatic N) is 2. The molecule has 0 N–H and O–H groups in total. The van der Waals surface area contributed by atoms with E-state index in [4.69, 9.17) is 4.42 Å². The van der Waals surface area contributed by atoms with Crippen LogP contribution in [0.15, 0.2) is 28.7 Å². The van der Waals surface area contributed by atoms with Crippen LogP contribution in [0, 0.1) is 6.92 Å². The molecule has 0 bridgehead atoms. The van der Waals surface area contributed by atoms with Gasteiger partial charge in [-0.1, -0.05) is 18.2 Å². The summed E-state index contributed by atoms with van der Waals surface area (Å²) in [6.07, 6.45) is 0. The first-order valence-electron chi connectivity index (χ1n) is 4.70. The van der Waals surface area contributed by atoms with Crippen molar-refractivity contribution in [2.75, 3.05) is 7.11 Å². The second-order valence-electron chi connectivity index (χ2n) is 3.22. The smallest absolute Gasteiger partial charge is 0.396 e. The molecule has 0 spiro atoms. The van der Waals surface area contributed by atoms with Crippen LogP contribution < -0.4 is 0 Å². The molecule has 0 aliphatic rings. The maximum absolute atomic E-state index is 11.1. The second-order valence-corrected chi connectivity index (χ2v) is 3.22. The number of carbonyl (C=O) groups is 1. The lowest BCUT2D eigenvalue weighted by Crippen LogP contribution is -2.00. The number of ether oxygens (including phenoxy) is 1. The summed E-state index contributed by atoms with van der Waals surface area (Å²) in [6, 6.07) is 7.56. The molecule has 1 aromatic carbocycles. The average Bonchev–Trinajstić information content (AvgIpc) is 2.78. The lowest BCUT2D eigenvalue weighted by Gasteiger charge is -1.98. The van der Waals surface area contributed by atoms with Gasteiger partial charge in [-0.25, -0.2) is 4.79 Å². The predicted octanol–water partition coefficient (Wildman–Crippen LogP) is 1.83. The number of methoxy groups -OCH3 is 1. The van der Waals surface area contributed by atoms with E-state index in [0.717, 1.165) is 11.1 Å². The van der Waals surface area contributed by atoms with Crippen LogP contribution in [0.4, 0.5) is 0 Å². The van der Waals surface area contributed by atoms with E-state index in [1.54, 1.807) is 0 Å². The number of esters is 1. The summed E-state index contributed by atoms with van der Waals surface area (Å²) in [4.78, 5) is 11.1. The zero-order chi connectivity index (χ0) is 11.5. The number of rotatable bonds is 2. The molecule has 0 radical (unpaired) electrons. The molecule has 0 amide bonds. The molecule has 0 saturated heterocycles. The molecule has 0 unspecified atom stereocenters. The fourth-order valence-electron chi connectivity index (χ4n) is 1.31. The van der Waals surface area contributed by atoms with Gasteiger partial charge in [-0.3, -0.25) is 0 Å². The summed E-state index contributed by atoms with van der Waals surface area (Å²) in [7, 11) is 1.26. The van der Waals surface area contributed by atoms with Crippen molar-refractivity contribution in [3.63, 3.8) is 0 Å². The fourth-order valence-corrected chi connectivity index (χ4v) is 1.31. The minimum atomic E-state index is -0.632. The Morgan fingerprint density at radius 3 is 2.75 bits per heavy atom. The van der Waals surface area contributed by atoms with E-state index in [0.29, 0.717) is 5.89 Å². The van der Waals surface area contributed by atoms with Crippen molar-refractivity contribution in [2.24, 2.45) is 0 Å². The largest absolute Gasteiger partial charge is 0.462 e. The van der Waals surface area contributed by atoms with E-state index in [2.05, 4.69) is 14.9 Å². The molecule has 1 heterocycles. The highest BCUT2D eigenvalue weighted by Crippen LogP contribution is 2.21. The van der Waals surface area contributed by atoms with Gasteiger partial charge in [-0.05, 0) is 18.6 Å². The molecule has 0 saturated carbocycles. The molecule has 2 aromatic rings. The molecular weight excluding hydrogens is 208 g/mol. The summed E-state index contributed by atoms with van der Waals surface area (Å²) < 4.78 is 9.69. The van der Waals surface area contributed by atoms with Gasteiger partial charge in [-0.2, -0.15) is 0 Å². The molecule has 5 nitrogen and oxygen atoms in total. The van der Waals surface area contributed by atoms with Crippen molar-refractivity contribution < 1.29 is 13.9 Å². The molecule has 1 aromatic heterocycles. The highest BCUT2D eigenvalue weighted by Gasteiger charge is 2.16. The van der Waals surface area contributed by atoms with Crippen molar-refractivity contribution >= 4 is 5.97 Å². The lowest BCUT2D eigenvalue weighted by molar-refractivity contribution is 0.0556. The summed E-state index contributed by atoms with van der Waals surface area (Å²) in [6.45, 7) is 1.93. The van der Waals surface area contributed by atoms with Crippen LogP contribution in [0.25, 0.3) is 11.5 Å². The van der Waals surface area contributed by atoms with Gasteiger partial charge in [0.25, 0.3) is 0 Å². The molecule has 0 aliphatic carbocycles. The maximum atomic E-state index is 11.1. The Balaban J connectivity index is 2.39. The number of aryl methyl sites for hydroxylation is 1. The summed E-state index contributed by atoms with van der Waals surface area (Å²) in [5, 5.41) is 7.41. The third kappa shape index (κ3) is 1.79. The molecule has 16 heavy (non-hydrogen) atoms. The first-order chi connectivity index (χ1) is 7.72. The predicted molar refractivity (Wildman–Crippen MR) is 55.8 cm³/mol. The first-order valence-corrected chi connectivity index (χ1v) is 4.70. The number of benzene rings is 1. The van der Waals surface area contributed by atoms with E-state index in [1.807, 2.05) is 31.2 Å². The summed E-state index contributed by atoms with van der Waals surface area (Å²) >= 11 is 0. The Morgan fingerprint density at radius 1 is 1.31 bits per heavy atom. The third-order valence-electron chi connectivity index (χ3n) is 2.16. The van der Waals surface area contributed by atoms with Gasteiger partial charge in [0, 0.05) is 5.56 Å². The number of aromatic nitrogens is 2. The topological polar surface area (TPSA) is 65.2 Å². The van der Waals surface area contributed by atoms with Gasteiger partial charge in [0.2, 0.25) is 5.89 Å². The quantitative estimate of drug-likeness (QED) is 0.719. The van der Waals surface area contributed by atoms with Crippen LogP contribution >= 0.6 is 0 Å². The molecule has 82 valence electrons. The Hall–Kier alpha value is -2.17. The molecule has 2 rings (SSSR count). The number of hydrogen-bond donors (Lipinski definition) is 0. The molecule has 0 aliphatic heterocycles. The average molecular weight is 218 g/mol. The van der Waals surface area contributed by atoms with Crippen molar-refractivity contribution in [1.82, 2.24) is 10.2 Å². The van der Waals surface area contributed by atoms with Crippen LogP contribution in [0.5, 0.6) is 0 Å². The van der Waals surface area contributed by atoms with E-state index >= 15 is 0 Å². The minimum absolute atomic E-state index is 0.138. The van der Waals surface area contributed by atoms with E-state index < -0.39 is 5.97 Å². The minimum Gasteiger partial charge on any atom is -0.462 e. The van der Waals surface area contributed by atoms with Gasteiger partial charge in [-0.15, -0.1) is 10.2 Å². The highest BCUT2D eigenvalue weighted by molar-refractivity contribution is 5.84. The monoisotopic (exact) mass is 218 g/mol. The van der Waals surface area contributed by atoms with Crippen LogP contribution in [0.3, 0.4) is 0 Å². The van der Waals surface area contributed by atoms with E-state index in [9.17, 15) is 4.79 Å². The van der Waals surface area contributed by atoms with Gasteiger partial charge in [0.1, 0.15) is 0 Å². The van der Waals surface area contributed by atoms with Crippen molar-refractivity contribution in [1.29, 1.82) is 0 Å². The molecule has 0 fully saturated rings. The van der Waals surface area contributed by atoms with Gasteiger partial charge < -0.3 is 9.15 Å². The Morgan fingerprint density at radius 2 is 2.06 bits per heavy atom. The number of hydrogen-bond acceptors (Lipinski definition) is 5. The van der Waals surface area contributed by atoms with Gasteiger partial charge >= 0.3 is 11.9 Å². The zero-order valence-corrected chi connectivity index (χ0v) is 8.93. The Bertz CT molecular complexity index is 519. The Kier molecular flexibility index (Phi) is 2.68. The molecular formula is C11H10N2O3. The van der Waals surface area contributed by atoms with Crippen molar-refractivity contribution in [3.8, 4) is 11.5 Å². The standard InChI is InChI=1S/C11H10N2O3/c1-7-5-3-4-6-8(7)9-12-13-10(16-9)11(14)15-2/h3-6H,1-2H3. The normalized spacial score (nSPS) is 10.1. The lowest BCUT2D eigenvalue weighted by atomic mass is 10.1. The second kappa shape index (κ2) is 4.14. The SMILES string of the molecule is COC(=O)c1nnc(-c2ccccc2C)o1. The Labute approximate surface area is 92.1 Å². The van der Waals surface area contributed by atoms with E-state index in [1.165, 1.54) is 7.11 Å². The summed E-state index contributed by atoms with van der Waals surface area (Å²) in [5.74, 6) is -0.452. The third-order valence-corrected chi connectivity index (χ3v) is 2.16. The van der Waals surface area contributed by atoms with Crippen molar-refractivity contribution in [2.45, 2.75) is 6.92 Å². The van der Waals surface area contributed by atoms with Gasteiger partial charge in [0.15, 0.2) is 0 Å². The van der Waals surface area contributed by atoms with Crippen LogP contribution in [0.1, 0.15) is 16.2 Å². The van der Waals surface area contributed by atoms with Crippen LogP contribution in [-0.4, -0.2) is 23.3 Å². The maximum Gasteiger partial charge on any atom is 0.396 e. The number of carbonyl (C=O) groups excluding carboxylic acids is 1. The zero-order valence-electron chi connectivity index (χ0n) is 8.93. The van der Waals surface area contributed by atoms with Gasteiger partial charge in [0.05, 0.1) is 7.11 Å². The molecule has 5 heteroatoms. The first kappa shape index (κ1) is 10.4. The van der Waals surface area contributed by atoms with Crippen molar-refractivity contribution in [3.05, 3.63) is 35.7 Å². The summed E-state index contributed by atoms with van der Waals surface area (Å²) in [5.41, 5.74) is 1.81. The van der Waals surface area contributed by atoms with Crippen LogP contribution in [-0.2, 0) is 4.74 Å². The molecule has 0 atom stereocenters. The van der Waals surface area contributed by atoms with E-state index in [-0.39, 0.29) is 5.89 Å².